The number of hydrogen-bond donors (Lipinski definition) is 0. The minimum absolute atomic E-state index is 0.165. The van der Waals surface area contributed by atoms with Crippen LogP contribution in [0.25, 0.3) is 0 Å². The van der Waals surface area contributed by atoms with Crippen molar-refractivity contribution in [3.63, 3.8) is 0 Å². The topological polar surface area (TPSA) is 60.4 Å². The summed E-state index contributed by atoms with van der Waals surface area (Å²) in [5.74, 6) is 1.36. The van der Waals surface area contributed by atoms with Gasteiger partial charge < -0.3 is 14.2 Å². The summed E-state index contributed by atoms with van der Waals surface area (Å²) in [5, 5.41) is 5.92. The highest BCUT2D eigenvalue weighted by molar-refractivity contribution is 5.90. The smallest absolute Gasteiger partial charge is 0.275 e. The van der Waals surface area contributed by atoms with Gasteiger partial charge in [-0.25, -0.2) is 5.01 Å². The molecule has 1 amide bonds. The summed E-state index contributed by atoms with van der Waals surface area (Å²) in [5.41, 5.74) is 2.82. The first-order chi connectivity index (χ1) is 15.2. The summed E-state index contributed by atoms with van der Waals surface area (Å²) in [4.78, 5) is 12.9. The zero-order valence-corrected chi connectivity index (χ0v) is 17.5. The van der Waals surface area contributed by atoms with Gasteiger partial charge in [-0.05, 0) is 53.1 Å². The number of rotatable bonds is 8. The molecular weight excluding hydrogens is 392 g/mol. The number of hydrogen-bond acceptors (Lipinski definition) is 5. The average Bonchev–Trinajstić information content (AvgIpc) is 2.83. The number of carbonyl (C=O) groups is 1. The molecule has 6 heteroatoms. The monoisotopic (exact) mass is 416 g/mol. The van der Waals surface area contributed by atoms with E-state index in [9.17, 15) is 4.79 Å². The molecule has 0 aliphatic carbocycles. The Morgan fingerprint density at radius 2 is 1.48 bits per heavy atom. The van der Waals surface area contributed by atoms with E-state index < -0.39 is 6.10 Å². The number of methoxy groups -OCH3 is 2. The van der Waals surface area contributed by atoms with Crippen molar-refractivity contribution in [3.8, 4) is 11.5 Å². The molecule has 3 aromatic carbocycles. The van der Waals surface area contributed by atoms with Gasteiger partial charge in [-0.2, -0.15) is 5.10 Å². The van der Waals surface area contributed by atoms with Crippen LogP contribution in [0.5, 0.6) is 11.5 Å². The Bertz CT molecular complexity index is 1030. The second-order valence-electron chi connectivity index (χ2n) is 7.14. The van der Waals surface area contributed by atoms with Gasteiger partial charge in [-0.1, -0.05) is 42.5 Å². The normalized spacial score (nSPS) is 18.1. The summed E-state index contributed by atoms with van der Waals surface area (Å²) in [6, 6.07) is 24.6. The maximum absolute atomic E-state index is 12.9. The molecule has 2 atom stereocenters. The van der Waals surface area contributed by atoms with Crippen LogP contribution in [0.1, 0.15) is 22.7 Å². The van der Waals surface area contributed by atoms with E-state index in [1.807, 2.05) is 78.9 Å². The van der Waals surface area contributed by atoms with Crippen molar-refractivity contribution in [1.82, 2.24) is 5.01 Å². The number of benzene rings is 3. The van der Waals surface area contributed by atoms with Gasteiger partial charge in [0.05, 0.1) is 27.0 Å². The lowest BCUT2D eigenvalue weighted by atomic mass is 9.92. The van der Waals surface area contributed by atoms with E-state index in [1.165, 1.54) is 5.01 Å². The first kappa shape index (κ1) is 20.6. The Morgan fingerprint density at radius 3 is 2.10 bits per heavy atom. The van der Waals surface area contributed by atoms with Gasteiger partial charge in [-0.15, -0.1) is 0 Å². The van der Waals surface area contributed by atoms with Gasteiger partial charge in [0.2, 0.25) is 0 Å². The predicted octanol–water partition coefficient (Wildman–Crippen LogP) is 4.21. The maximum Gasteiger partial charge on any atom is 0.275 e. The second kappa shape index (κ2) is 9.45. The lowest BCUT2D eigenvalue weighted by molar-refractivity contribution is -0.176. The Hall–Kier alpha value is -3.64. The fourth-order valence-corrected chi connectivity index (χ4v) is 3.44. The molecule has 3 aromatic rings. The SMILES string of the molecule is COc1ccc(/C=N/N2C(=O)[C@@H](OCc3ccccc3)[C@H]2c2ccc(OC)cc2)cc1. The van der Waals surface area contributed by atoms with E-state index >= 15 is 0 Å². The molecule has 0 spiro atoms. The molecular formula is C25H24N2O4. The number of nitrogens with zero attached hydrogens (tertiary/aromatic N) is 2. The van der Waals surface area contributed by atoms with Crippen LogP contribution in [0.2, 0.25) is 0 Å². The largest absolute Gasteiger partial charge is 0.497 e. The lowest BCUT2D eigenvalue weighted by Crippen LogP contribution is -2.57. The number of β-lactam (4-membered cyclic amide) rings is 1. The minimum Gasteiger partial charge on any atom is -0.497 e. The molecule has 0 aromatic heterocycles. The zero-order chi connectivity index (χ0) is 21.6. The van der Waals surface area contributed by atoms with Crippen molar-refractivity contribution in [2.24, 2.45) is 5.10 Å². The highest BCUT2D eigenvalue weighted by Crippen LogP contribution is 2.38. The molecule has 0 radical (unpaired) electrons. The zero-order valence-electron chi connectivity index (χ0n) is 17.5. The fraction of sp³-hybridized carbons (Fsp3) is 0.200. The molecule has 31 heavy (non-hydrogen) atoms. The molecule has 1 heterocycles. The van der Waals surface area contributed by atoms with Crippen LogP contribution < -0.4 is 9.47 Å². The van der Waals surface area contributed by atoms with E-state index in [0.29, 0.717) is 6.61 Å². The van der Waals surface area contributed by atoms with E-state index in [4.69, 9.17) is 14.2 Å². The third kappa shape index (κ3) is 4.59. The van der Waals surface area contributed by atoms with Crippen molar-refractivity contribution in [1.29, 1.82) is 0 Å². The van der Waals surface area contributed by atoms with Crippen LogP contribution in [0.4, 0.5) is 0 Å². The Morgan fingerprint density at radius 1 is 0.871 bits per heavy atom. The van der Waals surface area contributed by atoms with E-state index in [0.717, 1.165) is 28.2 Å². The van der Waals surface area contributed by atoms with E-state index in [2.05, 4.69) is 5.10 Å². The first-order valence-corrected chi connectivity index (χ1v) is 10.00. The quantitative estimate of drug-likeness (QED) is 0.408. The summed E-state index contributed by atoms with van der Waals surface area (Å²) in [7, 11) is 3.25. The van der Waals surface area contributed by atoms with Crippen LogP contribution >= 0.6 is 0 Å². The van der Waals surface area contributed by atoms with Gasteiger partial charge in [0.1, 0.15) is 17.5 Å². The fourth-order valence-electron chi connectivity index (χ4n) is 3.44. The summed E-state index contributed by atoms with van der Waals surface area (Å²) in [6.45, 7) is 0.361. The Kier molecular flexibility index (Phi) is 6.29. The Labute approximate surface area is 181 Å². The van der Waals surface area contributed by atoms with Gasteiger partial charge >= 0.3 is 0 Å². The first-order valence-electron chi connectivity index (χ1n) is 10.00. The highest BCUT2D eigenvalue weighted by Gasteiger charge is 2.49. The molecule has 0 unspecified atom stereocenters. The van der Waals surface area contributed by atoms with Crippen molar-refractivity contribution in [3.05, 3.63) is 95.6 Å². The van der Waals surface area contributed by atoms with E-state index in [1.54, 1.807) is 20.4 Å². The molecule has 4 rings (SSSR count). The molecule has 1 saturated heterocycles. The van der Waals surface area contributed by atoms with Crippen LogP contribution in [0, 0.1) is 0 Å². The van der Waals surface area contributed by atoms with Crippen LogP contribution in [0.3, 0.4) is 0 Å². The maximum atomic E-state index is 12.9. The number of carbonyl (C=O) groups excluding carboxylic acids is 1. The predicted molar refractivity (Wildman–Crippen MR) is 118 cm³/mol. The Balaban J connectivity index is 1.53. The number of hydrazone groups is 1. The van der Waals surface area contributed by atoms with Crippen molar-refractivity contribution < 1.29 is 19.0 Å². The summed E-state index contributed by atoms with van der Waals surface area (Å²) < 4.78 is 16.4. The van der Waals surface area contributed by atoms with Crippen LogP contribution in [0.15, 0.2) is 84.0 Å². The molecule has 158 valence electrons. The number of amides is 1. The van der Waals surface area contributed by atoms with Gasteiger partial charge in [0.25, 0.3) is 5.91 Å². The van der Waals surface area contributed by atoms with Crippen LogP contribution in [-0.4, -0.2) is 37.5 Å². The standard InChI is InChI=1S/C25H24N2O4/c1-29-21-12-8-18(9-13-21)16-26-27-23(20-10-14-22(30-2)15-11-20)24(25(27)28)31-17-19-6-4-3-5-7-19/h3-16,23-24H,17H2,1-2H3/b26-16+/t23-,24+/m1/s1. The summed E-state index contributed by atoms with van der Waals surface area (Å²) >= 11 is 0. The van der Waals surface area contributed by atoms with Gasteiger partial charge in [0.15, 0.2) is 6.10 Å². The van der Waals surface area contributed by atoms with Crippen molar-refractivity contribution in [2.45, 2.75) is 18.8 Å². The van der Waals surface area contributed by atoms with Crippen molar-refractivity contribution in [2.75, 3.05) is 14.2 Å². The van der Waals surface area contributed by atoms with E-state index in [-0.39, 0.29) is 11.9 Å². The molecule has 0 saturated carbocycles. The summed E-state index contributed by atoms with van der Waals surface area (Å²) in [6.07, 6.45) is 1.07. The number of ether oxygens (including phenoxy) is 3. The van der Waals surface area contributed by atoms with Gasteiger partial charge in [-0.3, -0.25) is 4.79 Å². The molecule has 1 fully saturated rings. The lowest BCUT2D eigenvalue weighted by Gasteiger charge is -2.43. The minimum atomic E-state index is -0.596. The highest BCUT2D eigenvalue weighted by atomic mass is 16.5. The van der Waals surface area contributed by atoms with Gasteiger partial charge in [0, 0.05) is 0 Å². The van der Waals surface area contributed by atoms with Crippen molar-refractivity contribution >= 4 is 12.1 Å². The molecule has 1 aliphatic heterocycles. The second-order valence-corrected chi connectivity index (χ2v) is 7.14. The average molecular weight is 416 g/mol. The third-order valence-corrected chi connectivity index (χ3v) is 5.20. The molecule has 1 aliphatic rings. The molecule has 0 bridgehead atoms. The molecule has 6 nitrogen and oxygen atoms in total. The van der Waals surface area contributed by atoms with Crippen LogP contribution in [-0.2, 0) is 16.1 Å². The molecule has 0 N–H and O–H groups in total. The third-order valence-electron chi connectivity index (χ3n) is 5.20.